The maximum atomic E-state index is 9.49. The van der Waals surface area contributed by atoms with Crippen LogP contribution in [0.4, 0.5) is 0 Å². The fraction of sp³-hybridized carbons (Fsp3) is 0.385. The number of aliphatic hydroxyl groups excluding tert-OH is 1. The molecular formula is C13H16N2O. The molecule has 3 nitrogen and oxygen atoms in total. The molecule has 0 radical (unpaired) electrons. The topological polar surface area (TPSA) is 62.0 Å². The van der Waals surface area contributed by atoms with Gasteiger partial charge in [-0.05, 0) is 35.9 Å². The molecule has 0 spiro atoms. The summed E-state index contributed by atoms with van der Waals surface area (Å²) in [7, 11) is 0. The number of aromatic nitrogens is 1. The summed E-state index contributed by atoms with van der Waals surface area (Å²) in [5.41, 5.74) is 8.25. The average Bonchev–Trinajstić information content (AvgIpc) is 2.71. The van der Waals surface area contributed by atoms with Gasteiger partial charge in [0.25, 0.3) is 0 Å². The first-order valence-electron chi connectivity index (χ1n) is 5.69. The normalized spacial score (nSPS) is 29.2. The van der Waals surface area contributed by atoms with Crippen molar-refractivity contribution in [3.8, 4) is 0 Å². The van der Waals surface area contributed by atoms with Crippen LogP contribution in [0.1, 0.15) is 18.4 Å². The van der Waals surface area contributed by atoms with Crippen molar-refractivity contribution in [2.24, 2.45) is 5.73 Å². The van der Waals surface area contributed by atoms with Crippen LogP contribution in [-0.4, -0.2) is 22.7 Å². The van der Waals surface area contributed by atoms with E-state index in [1.807, 2.05) is 6.20 Å². The van der Waals surface area contributed by atoms with Gasteiger partial charge in [-0.15, -0.1) is 0 Å². The second-order valence-corrected chi connectivity index (χ2v) is 4.83. The molecule has 3 rings (SSSR count). The Morgan fingerprint density at radius 1 is 1.38 bits per heavy atom. The van der Waals surface area contributed by atoms with E-state index in [4.69, 9.17) is 5.73 Å². The van der Waals surface area contributed by atoms with Gasteiger partial charge in [0.1, 0.15) is 0 Å². The largest absolute Gasteiger partial charge is 0.393 e. The van der Waals surface area contributed by atoms with Crippen molar-refractivity contribution in [2.75, 3.05) is 6.54 Å². The molecule has 1 aliphatic carbocycles. The molecule has 1 aliphatic rings. The van der Waals surface area contributed by atoms with E-state index < -0.39 is 0 Å². The molecule has 84 valence electrons. The highest BCUT2D eigenvalue weighted by Gasteiger charge is 2.43. The van der Waals surface area contributed by atoms with E-state index in [0.29, 0.717) is 6.54 Å². The molecule has 4 N–H and O–H groups in total. The number of nitrogens with two attached hydrogens (primary N) is 1. The molecule has 3 heteroatoms. The van der Waals surface area contributed by atoms with Gasteiger partial charge < -0.3 is 15.8 Å². The molecular weight excluding hydrogens is 200 g/mol. The van der Waals surface area contributed by atoms with E-state index >= 15 is 0 Å². The van der Waals surface area contributed by atoms with Gasteiger partial charge in [-0.1, -0.05) is 12.1 Å². The first-order chi connectivity index (χ1) is 7.73. The quantitative estimate of drug-likeness (QED) is 0.712. The van der Waals surface area contributed by atoms with Crippen LogP contribution >= 0.6 is 0 Å². The second kappa shape index (κ2) is 3.34. The van der Waals surface area contributed by atoms with Gasteiger partial charge in [0.15, 0.2) is 0 Å². The summed E-state index contributed by atoms with van der Waals surface area (Å²) in [5.74, 6) is 0. The number of nitrogens with one attached hydrogen (secondary N) is 1. The zero-order chi connectivity index (χ0) is 11.2. The van der Waals surface area contributed by atoms with Crippen LogP contribution in [0, 0.1) is 0 Å². The summed E-state index contributed by atoms with van der Waals surface area (Å²) in [6.07, 6.45) is 3.34. The summed E-state index contributed by atoms with van der Waals surface area (Å²) in [6.45, 7) is 0.607. The molecule has 1 fully saturated rings. The van der Waals surface area contributed by atoms with Gasteiger partial charge in [0.05, 0.1) is 6.10 Å². The van der Waals surface area contributed by atoms with Crippen LogP contribution in [0.2, 0.25) is 0 Å². The smallest absolute Gasteiger partial charge is 0.0558 e. The van der Waals surface area contributed by atoms with E-state index in [-0.39, 0.29) is 11.5 Å². The molecule has 1 aromatic heterocycles. The first-order valence-corrected chi connectivity index (χ1v) is 5.69. The van der Waals surface area contributed by atoms with Crippen molar-refractivity contribution in [1.82, 2.24) is 4.98 Å². The van der Waals surface area contributed by atoms with E-state index in [0.717, 1.165) is 18.4 Å². The first kappa shape index (κ1) is 9.87. The Morgan fingerprint density at radius 2 is 2.19 bits per heavy atom. The highest BCUT2D eigenvalue weighted by Crippen LogP contribution is 2.43. The van der Waals surface area contributed by atoms with E-state index in [1.54, 1.807) is 0 Å². The SMILES string of the molecule is NCC1(c2ccc3cc[nH]c3c2)CC(O)C1. The number of rotatable bonds is 2. The molecule has 0 aliphatic heterocycles. The number of H-pyrrole nitrogens is 1. The van der Waals surface area contributed by atoms with Gasteiger partial charge >= 0.3 is 0 Å². The van der Waals surface area contributed by atoms with Crippen molar-refractivity contribution in [1.29, 1.82) is 0 Å². The lowest BCUT2D eigenvalue weighted by Crippen LogP contribution is -2.49. The molecule has 16 heavy (non-hydrogen) atoms. The summed E-state index contributed by atoms with van der Waals surface area (Å²) in [5, 5.41) is 10.7. The lowest BCUT2D eigenvalue weighted by molar-refractivity contribution is 0.0222. The minimum Gasteiger partial charge on any atom is -0.393 e. The van der Waals surface area contributed by atoms with Crippen LogP contribution in [0.3, 0.4) is 0 Å². The van der Waals surface area contributed by atoms with E-state index in [1.165, 1.54) is 10.9 Å². The summed E-state index contributed by atoms with van der Waals surface area (Å²) in [6, 6.07) is 8.47. The van der Waals surface area contributed by atoms with Crippen LogP contribution in [0.15, 0.2) is 30.5 Å². The number of aliphatic hydroxyl groups is 1. The minimum atomic E-state index is -0.178. The Hall–Kier alpha value is -1.32. The Kier molecular flexibility index (Phi) is 2.06. The molecule has 0 bridgehead atoms. The van der Waals surface area contributed by atoms with Gasteiger partial charge in [-0.25, -0.2) is 0 Å². The number of aromatic amines is 1. The molecule has 1 aromatic carbocycles. The van der Waals surface area contributed by atoms with Crippen molar-refractivity contribution < 1.29 is 5.11 Å². The van der Waals surface area contributed by atoms with Crippen molar-refractivity contribution in [3.05, 3.63) is 36.0 Å². The van der Waals surface area contributed by atoms with Crippen molar-refractivity contribution in [3.63, 3.8) is 0 Å². The highest BCUT2D eigenvalue weighted by molar-refractivity contribution is 5.80. The Labute approximate surface area is 94.3 Å². The van der Waals surface area contributed by atoms with Gasteiger partial charge in [0.2, 0.25) is 0 Å². The summed E-state index contributed by atoms with van der Waals surface area (Å²) >= 11 is 0. The van der Waals surface area contributed by atoms with Crippen LogP contribution in [-0.2, 0) is 5.41 Å². The average molecular weight is 216 g/mol. The maximum Gasteiger partial charge on any atom is 0.0558 e. The second-order valence-electron chi connectivity index (χ2n) is 4.83. The predicted molar refractivity (Wildman–Crippen MR) is 64.3 cm³/mol. The Bertz CT molecular complexity index is 511. The molecule has 0 amide bonds. The zero-order valence-electron chi connectivity index (χ0n) is 9.11. The number of hydrogen-bond acceptors (Lipinski definition) is 2. The zero-order valence-corrected chi connectivity index (χ0v) is 9.11. The molecule has 0 saturated heterocycles. The third-order valence-electron chi connectivity index (χ3n) is 3.81. The van der Waals surface area contributed by atoms with Crippen LogP contribution in [0.5, 0.6) is 0 Å². The number of hydrogen-bond donors (Lipinski definition) is 3. The monoisotopic (exact) mass is 216 g/mol. The maximum absolute atomic E-state index is 9.49. The third kappa shape index (κ3) is 1.29. The highest BCUT2D eigenvalue weighted by atomic mass is 16.3. The fourth-order valence-electron chi connectivity index (χ4n) is 2.74. The van der Waals surface area contributed by atoms with Crippen molar-refractivity contribution >= 4 is 10.9 Å². The van der Waals surface area contributed by atoms with Gasteiger partial charge in [0, 0.05) is 23.7 Å². The standard InChI is InChI=1S/C13H16N2O/c14-8-13(6-11(16)7-13)10-2-1-9-3-4-15-12(9)5-10/h1-5,11,15-16H,6-8,14H2. The summed E-state index contributed by atoms with van der Waals surface area (Å²) < 4.78 is 0. The predicted octanol–water partition coefficient (Wildman–Crippen LogP) is 1.52. The molecule has 2 aromatic rings. The Balaban J connectivity index is 2.04. The number of fused-ring (bicyclic) bond motifs is 1. The molecule has 1 saturated carbocycles. The van der Waals surface area contributed by atoms with Gasteiger partial charge in [-0.3, -0.25) is 0 Å². The van der Waals surface area contributed by atoms with Crippen LogP contribution in [0.25, 0.3) is 10.9 Å². The Morgan fingerprint density at radius 3 is 2.88 bits per heavy atom. The third-order valence-corrected chi connectivity index (χ3v) is 3.81. The number of benzene rings is 1. The van der Waals surface area contributed by atoms with Crippen LogP contribution < -0.4 is 5.73 Å². The van der Waals surface area contributed by atoms with E-state index in [2.05, 4.69) is 29.2 Å². The minimum absolute atomic E-state index is 0.00127. The molecule has 1 heterocycles. The summed E-state index contributed by atoms with van der Waals surface area (Å²) in [4.78, 5) is 3.21. The lowest BCUT2D eigenvalue weighted by Gasteiger charge is -2.45. The molecule has 0 unspecified atom stereocenters. The van der Waals surface area contributed by atoms with Gasteiger partial charge in [-0.2, -0.15) is 0 Å². The lowest BCUT2D eigenvalue weighted by atomic mass is 9.63. The fourth-order valence-corrected chi connectivity index (χ4v) is 2.74. The molecule has 0 atom stereocenters. The van der Waals surface area contributed by atoms with Crippen molar-refractivity contribution in [2.45, 2.75) is 24.4 Å². The van der Waals surface area contributed by atoms with E-state index in [9.17, 15) is 5.11 Å².